The van der Waals surface area contributed by atoms with Crippen molar-refractivity contribution >= 4 is 45.4 Å². The number of nitrogens with one attached hydrogen (secondary N) is 2. The second-order valence-corrected chi connectivity index (χ2v) is 12.1. The van der Waals surface area contributed by atoms with E-state index >= 15 is 0 Å². The van der Waals surface area contributed by atoms with E-state index in [0.29, 0.717) is 35.7 Å². The highest BCUT2D eigenvalue weighted by Crippen LogP contribution is 2.25. The Bertz CT molecular complexity index is 1450. The fourth-order valence-electron chi connectivity index (χ4n) is 4.86. The molecule has 242 valence electrons. The van der Waals surface area contributed by atoms with E-state index in [1.807, 2.05) is 13.0 Å². The number of allylic oxidation sites excluding steroid dienone is 2. The molecule has 3 rings (SSSR count). The number of Topliss-reactive ketones (excluding diaryl/α,β-unsaturated/α-hetero) is 1. The number of ether oxygens (including phenoxy) is 1. The van der Waals surface area contributed by atoms with Crippen LogP contribution < -0.4 is 10.6 Å². The molecule has 3 amide bonds. The van der Waals surface area contributed by atoms with Crippen LogP contribution in [0.3, 0.4) is 0 Å². The van der Waals surface area contributed by atoms with Crippen molar-refractivity contribution in [3.8, 4) is 5.75 Å². The molecule has 0 spiro atoms. The van der Waals surface area contributed by atoms with Gasteiger partial charge < -0.3 is 25.4 Å². The summed E-state index contributed by atoms with van der Waals surface area (Å²) in [6.45, 7) is 5.12. The number of hydrogen-bond acceptors (Lipinski definition) is 7. The number of halogens is 2. The van der Waals surface area contributed by atoms with Crippen LogP contribution in [0.2, 0.25) is 0 Å². The van der Waals surface area contributed by atoms with E-state index < -0.39 is 53.6 Å². The molecule has 10 nitrogen and oxygen atoms in total. The van der Waals surface area contributed by atoms with E-state index in [1.165, 1.54) is 32.2 Å². The van der Waals surface area contributed by atoms with Crippen LogP contribution >= 0.6 is 15.9 Å². The zero-order valence-electron chi connectivity index (χ0n) is 25.8. The molecule has 2 aromatic carbocycles. The van der Waals surface area contributed by atoms with Crippen molar-refractivity contribution in [3.05, 3.63) is 75.5 Å². The maximum absolute atomic E-state index is 13.9. The normalized spacial score (nSPS) is 24.2. The van der Waals surface area contributed by atoms with Gasteiger partial charge >= 0.3 is 5.97 Å². The number of aromatic hydroxyl groups is 1. The van der Waals surface area contributed by atoms with Gasteiger partial charge in [0.1, 0.15) is 23.7 Å². The van der Waals surface area contributed by atoms with E-state index in [9.17, 15) is 33.5 Å². The van der Waals surface area contributed by atoms with Crippen molar-refractivity contribution in [1.82, 2.24) is 15.5 Å². The average molecular weight is 689 g/mol. The lowest BCUT2D eigenvalue weighted by Gasteiger charge is -2.31. The minimum atomic E-state index is -1.79. The SMILES string of the molecule is C/C1=C\CCCC(=O)N[C@@H](C)C(=O)N(C)[C@H](Cc2ccc(O)c(Br)c2)C(=O)NC(C(=O)c2ccc(F)cc2)C(=O)O[C@H](C)CC1. The zero-order valence-corrected chi connectivity index (χ0v) is 27.4. The summed E-state index contributed by atoms with van der Waals surface area (Å²) in [6.07, 6.45) is 3.80. The predicted octanol–water partition coefficient (Wildman–Crippen LogP) is 4.38. The summed E-state index contributed by atoms with van der Waals surface area (Å²) in [5, 5.41) is 15.1. The van der Waals surface area contributed by atoms with Crippen molar-refractivity contribution in [1.29, 1.82) is 0 Å². The Morgan fingerprint density at radius 3 is 2.42 bits per heavy atom. The highest BCUT2D eigenvalue weighted by atomic mass is 79.9. The van der Waals surface area contributed by atoms with E-state index in [1.54, 1.807) is 19.1 Å². The Hall–Kier alpha value is -4.06. The largest absolute Gasteiger partial charge is 0.507 e. The third-order valence-corrected chi connectivity index (χ3v) is 8.22. The van der Waals surface area contributed by atoms with Crippen LogP contribution in [0.4, 0.5) is 4.39 Å². The van der Waals surface area contributed by atoms with Gasteiger partial charge in [0.05, 0.1) is 10.6 Å². The number of rotatable bonds is 4. The monoisotopic (exact) mass is 687 g/mol. The van der Waals surface area contributed by atoms with Crippen LogP contribution in [0.1, 0.15) is 68.8 Å². The smallest absolute Gasteiger partial charge is 0.337 e. The second kappa shape index (κ2) is 16.3. The van der Waals surface area contributed by atoms with Gasteiger partial charge in [-0.1, -0.05) is 17.7 Å². The maximum Gasteiger partial charge on any atom is 0.337 e. The Morgan fingerprint density at radius 2 is 1.76 bits per heavy atom. The molecule has 0 bridgehead atoms. The summed E-state index contributed by atoms with van der Waals surface area (Å²) < 4.78 is 19.6. The number of cyclic esters (lactones) is 1. The van der Waals surface area contributed by atoms with E-state index in [0.717, 1.165) is 22.6 Å². The molecule has 1 heterocycles. The molecular formula is C33H39BrFN3O7. The third-order valence-electron chi connectivity index (χ3n) is 7.58. The molecule has 1 unspecified atom stereocenters. The number of hydrogen-bond donors (Lipinski definition) is 3. The number of benzene rings is 2. The molecule has 0 fully saturated rings. The van der Waals surface area contributed by atoms with Gasteiger partial charge in [0.15, 0.2) is 11.8 Å². The second-order valence-electron chi connectivity index (χ2n) is 11.3. The molecule has 0 aromatic heterocycles. The van der Waals surface area contributed by atoms with Crippen LogP contribution in [-0.4, -0.2) is 70.8 Å². The summed E-state index contributed by atoms with van der Waals surface area (Å²) in [5.41, 5.74) is 1.57. The molecule has 0 radical (unpaired) electrons. The van der Waals surface area contributed by atoms with Crippen LogP contribution in [-0.2, 0) is 30.3 Å². The highest BCUT2D eigenvalue weighted by molar-refractivity contribution is 9.10. The topological polar surface area (TPSA) is 142 Å². The molecule has 12 heteroatoms. The van der Waals surface area contributed by atoms with Crippen molar-refractivity contribution in [2.45, 2.75) is 83.5 Å². The fraction of sp³-hybridized carbons (Fsp3) is 0.424. The molecule has 1 aliphatic rings. The number of amides is 3. The number of likely N-dealkylation sites (N-methyl/N-ethyl adjacent to an activating group) is 1. The maximum atomic E-state index is 13.9. The number of phenolic OH excluding ortho intramolecular Hbond substituents is 1. The van der Waals surface area contributed by atoms with Crippen LogP contribution in [0.5, 0.6) is 5.75 Å². The first-order valence-electron chi connectivity index (χ1n) is 14.8. The summed E-state index contributed by atoms with van der Waals surface area (Å²) >= 11 is 3.25. The molecule has 3 N–H and O–H groups in total. The quantitative estimate of drug-likeness (QED) is 0.187. The Morgan fingerprint density at radius 1 is 1.07 bits per heavy atom. The summed E-state index contributed by atoms with van der Waals surface area (Å²) in [6, 6.07) is 5.07. The standard InChI is InChI=1S/C33H39BrFN3O7/c1-19-7-5-6-8-28(40)36-21(3)32(43)38(4)26(18-22-11-16-27(39)25(34)17-22)31(42)37-29(33(44)45-20(2)10-9-19)30(41)23-12-14-24(35)15-13-23/h7,11-17,20-21,26,29,39H,5-6,8-10,18H2,1-4H3,(H,36,40)(H,37,42)/b19-7+/t20-,21+,26-,29?/m1/s1. The van der Waals surface area contributed by atoms with Crippen molar-refractivity contribution < 1.29 is 38.2 Å². The summed E-state index contributed by atoms with van der Waals surface area (Å²) in [4.78, 5) is 68.2. The lowest BCUT2D eigenvalue weighted by Crippen LogP contribution is -2.58. The Labute approximate surface area is 270 Å². The predicted molar refractivity (Wildman–Crippen MR) is 169 cm³/mol. The molecule has 4 atom stereocenters. The lowest BCUT2D eigenvalue weighted by molar-refractivity contribution is -0.151. The first kappa shape index (κ1) is 35.4. The first-order valence-corrected chi connectivity index (χ1v) is 15.6. The summed E-state index contributed by atoms with van der Waals surface area (Å²) in [7, 11) is 1.39. The van der Waals surface area contributed by atoms with E-state index in [-0.39, 0.29) is 30.1 Å². The average Bonchev–Trinajstić information content (AvgIpc) is 3.00. The number of carbonyl (C=O) groups is 5. The van der Waals surface area contributed by atoms with Gasteiger partial charge in [-0.15, -0.1) is 0 Å². The van der Waals surface area contributed by atoms with Gasteiger partial charge in [-0.2, -0.15) is 0 Å². The molecule has 0 aliphatic carbocycles. The number of esters is 1. The van der Waals surface area contributed by atoms with Gasteiger partial charge in [0, 0.05) is 25.5 Å². The van der Waals surface area contributed by atoms with Gasteiger partial charge in [-0.05, 0) is 104 Å². The molecule has 0 saturated heterocycles. The molecular weight excluding hydrogens is 649 g/mol. The Balaban J connectivity index is 2.02. The Kier molecular flexibility index (Phi) is 12.8. The molecule has 1 aliphatic heterocycles. The van der Waals surface area contributed by atoms with Crippen molar-refractivity contribution in [2.75, 3.05) is 7.05 Å². The lowest BCUT2D eigenvalue weighted by atomic mass is 10.0. The van der Waals surface area contributed by atoms with Crippen molar-refractivity contribution in [3.63, 3.8) is 0 Å². The van der Waals surface area contributed by atoms with Gasteiger partial charge in [0.2, 0.25) is 17.7 Å². The molecule has 2 aromatic rings. The molecule has 45 heavy (non-hydrogen) atoms. The van der Waals surface area contributed by atoms with E-state index in [2.05, 4.69) is 26.6 Å². The number of carbonyl (C=O) groups excluding carboxylic acids is 5. The number of phenols is 1. The van der Waals surface area contributed by atoms with Crippen LogP contribution in [0, 0.1) is 5.82 Å². The first-order chi connectivity index (χ1) is 21.3. The van der Waals surface area contributed by atoms with Gasteiger partial charge in [0.25, 0.3) is 0 Å². The molecule has 0 saturated carbocycles. The third kappa shape index (κ3) is 10.2. The van der Waals surface area contributed by atoms with Crippen LogP contribution in [0.15, 0.2) is 58.6 Å². The highest BCUT2D eigenvalue weighted by Gasteiger charge is 2.37. The fourth-order valence-corrected chi connectivity index (χ4v) is 5.29. The number of ketones is 1. The van der Waals surface area contributed by atoms with Crippen molar-refractivity contribution in [2.24, 2.45) is 0 Å². The summed E-state index contributed by atoms with van der Waals surface area (Å²) in [5.74, 6) is -4.15. The van der Waals surface area contributed by atoms with Gasteiger partial charge in [-0.3, -0.25) is 19.2 Å². The number of nitrogens with zero attached hydrogens (tertiary/aromatic N) is 1. The van der Waals surface area contributed by atoms with Crippen LogP contribution in [0.25, 0.3) is 0 Å². The minimum Gasteiger partial charge on any atom is -0.507 e. The minimum absolute atomic E-state index is 0.0248. The van der Waals surface area contributed by atoms with E-state index in [4.69, 9.17) is 4.74 Å². The van der Waals surface area contributed by atoms with Gasteiger partial charge in [-0.25, -0.2) is 9.18 Å². The zero-order chi connectivity index (χ0) is 33.3.